The first kappa shape index (κ1) is 17.9. The number of rotatable bonds is 8. The van der Waals surface area contributed by atoms with Gasteiger partial charge in [-0.3, -0.25) is 4.79 Å². The second kappa shape index (κ2) is 8.99. The quantitative estimate of drug-likeness (QED) is 0.733. The van der Waals surface area contributed by atoms with Gasteiger partial charge in [-0.05, 0) is 30.5 Å². The highest BCUT2D eigenvalue weighted by Gasteiger charge is 2.17. The predicted molar refractivity (Wildman–Crippen MR) is 96.1 cm³/mol. The predicted octanol–water partition coefficient (Wildman–Crippen LogP) is 4.94. The summed E-state index contributed by atoms with van der Waals surface area (Å²) in [5, 5.41) is 13.3. The average Bonchev–Trinajstić information content (AvgIpc) is 2.97. The molecule has 0 radical (unpaired) electrons. The molecule has 0 fully saturated rings. The molecule has 6 heteroatoms. The molecule has 0 aliphatic heterocycles. The molecule has 0 spiro atoms. The summed E-state index contributed by atoms with van der Waals surface area (Å²) in [6, 6.07) is 7.67. The fourth-order valence-electron chi connectivity index (χ4n) is 2.33. The van der Waals surface area contributed by atoms with Crippen molar-refractivity contribution in [2.45, 2.75) is 46.0 Å². The summed E-state index contributed by atoms with van der Waals surface area (Å²) in [5.74, 6) is 0.105. The number of carbonyl (C=O) groups excluding carboxylic acids is 1. The van der Waals surface area contributed by atoms with Gasteiger partial charge < -0.3 is 5.32 Å². The number of hydrogen-bond donors (Lipinski definition) is 1. The smallest absolute Gasteiger partial charge is 0.229 e. The standard InChI is InChI=1S/C17H22ClN3OS/c1-3-5-6-13(4-2)16(22)19-17-21-20-15(23-17)11-12-7-9-14(18)10-8-12/h7-10,13H,3-6,11H2,1-2H3,(H,19,21,22)/t13-/m1/s1. The first-order valence-electron chi connectivity index (χ1n) is 8.00. The summed E-state index contributed by atoms with van der Waals surface area (Å²) >= 11 is 7.31. The number of halogens is 1. The van der Waals surface area contributed by atoms with Crippen LogP contribution in [0.15, 0.2) is 24.3 Å². The molecule has 0 bridgehead atoms. The number of anilines is 1. The van der Waals surface area contributed by atoms with Crippen LogP contribution in [0.3, 0.4) is 0 Å². The highest BCUT2D eigenvalue weighted by Crippen LogP contribution is 2.21. The Kier molecular flexibility index (Phi) is 6.99. The summed E-state index contributed by atoms with van der Waals surface area (Å²) in [6.07, 6.45) is 4.65. The van der Waals surface area contributed by atoms with Gasteiger partial charge in [-0.1, -0.05) is 61.8 Å². The van der Waals surface area contributed by atoms with E-state index < -0.39 is 0 Å². The Morgan fingerprint density at radius 3 is 2.65 bits per heavy atom. The van der Waals surface area contributed by atoms with Crippen molar-refractivity contribution >= 4 is 34.0 Å². The molecule has 0 unspecified atom stereocenters. The third-order valence-electron chi connectivity index (χ3n) is 3.74. The van der Waals surface area contributed by atoms with E-state index >= 15 is 0 Å². The van der Waals surface area contributed by atoms with Gasteiger partial charge in [0.1, 0.15) is 5.01 Å². The first-order valence-corrected chi connectivity index (χ1v) is 9.19. The molecule has 1 amide bonds. The molecule has 1 atom stereocenters. The number of aromatic nitrogens is 2. The number of benzene rings is 1. The lowest BCUT2D eigenvalue weighted by Crippen LogP contribution is -2.22. The maximum absolute atomic E-state index is 12.3. The fraction of sp³-hybridized carbons (Fsp3) is 0.471. The summed E-state index contributed by atoms with van der Waals surface area (Å²) in [6.45, 7) is 4.18. The highest BCUT2D eigenvalue weighted by atomic mass is 35.5. The number of carbonyl (C=O) groups is 1. The molecule has 4 nitrogen and oxygen atoms in total. The van der Waals surface area contributed by atoms with Gasteiger partial charge in [-0.2, -0.15) is 0 Å². The van der Waals surface area contributed by atoms with Gasteiger partial charge in [0.2, 0.25) is 11.0 Å². The van der Waals surface area contributed by atoms with Crippen LogP contribution >= 0.6 is 22.9 Å². The number of nitrogens with zero attached hydrogens (tertiary/aromatic N) is 2. The normalized spacial score (nSPS) is 12.1. The Balaban J connectivity index is 1.93. The van der Waals surface area contributed by atoms with Gasteiger partial charge in [0.05, 0.1) is 0 Å². The fourth-order valence-corrected chi connectivity index (χ4v) is 3.23. The Morgan fingerprint density at radius 1 is 1.26 bits per heavy atom. The lowest BCUT2D eigenvalue weighted by Gasteiger charge is -2.12. The van der Waals surface area contributed by atoms with Crippen molar-refractivity contribution < 1.29 is 4.79 Å². The van der Waals surface area contributed by atoms with Crippen LogP contribution < -0.4 is 5.32 Å². The topological polar surface area (TPSA) is 54.9 Å². The van der Waals surface area contributed by atoms with E-state index in [0.717, 1.165) is 41.3 Å². The SMILES string of the molecule is CCCC[C@@H](CC)C(=O)Nc1nnc(Cc2ccc(Cl)cc2)s1. The summed E-state index contributed by atoms with van der Waals surface area (Å²) < 4.78 is 0. The van der Waals surface area contributed by atoms with Gasteiger partial charge in [0, 0.05) is 17.4 Å². The van der Waals surface area contributed by atoms with Crippen molar-refractivity contribution in [2.75, 3.05) is 5.32 Å². The summed E-state index contributed by atoms with van der Waals surface area (Å²) in [5.41, 5.74) is 1.12. The van der Waals surface area contributed by atoms with Crippen LogP contribution in [0.2, 0.25) is 5.02 Å². The molecule has 2 rings (SSSR count). The van der Waals surface area contributed by atoms with E-state index in [-0.39, 0.29) is 11.8 Å². The molecule has 1 aromatic heterocycles. The van der Waals surface area contributed by atoms with Gasteiger partial charge in [0.15, 0.2) is 0 Å². The van der Waals surface area contributed by atoms with Crippen LogP contribution in [0.5, 0.6) is 0 Å². The van der Waals surface area contributed by atoms with E-state index in [1.54, 1.807) is 0 Å². The van der Waals surface area contributed by atoms with E-state index in [1.165, 1.54) is 11.3 Å². The second-order valence-corrected chi connectivity index (χ2v) is 7.04. The Hall–Kier alpha value is -1.46. The van der Waals surface area contributed by atoms with Crippen LogP contribution in [-0.2, 0) is 11.2 Å². The summed E-state index contributed by atoms with van der Waals surface area (Å²) in [4.78, 5) is 12.3. The van der Waals surface area contributed by atoms with Crippen LogP contribution in [0.25, 0.3) is 0 Å². The molecule has 1 aromatic carbocycles. The lowest BCUT2D eigenvalue weighted by atomic mass is 9.99. The van der Waals surface area contributed by atoms with Crippen molar-refractivity contribution in [3.8, 4) is 0 Å². The number of hydrogen-bond acceptors (Lipinski definition) is 4. The zero-order chi connectivity index (χ0) is 16.7. The van der Waals surface area contributed by atoms with Crippen molar-refractivity contribution in [2.24, 2.45) is 5.92 Å². The molecule has 1 heterocycles. The Morgan fingerprint density at radius 2 is 2.00 bits per heavy atom. The maximum atomic E-state index is 12.3. The minimum Gasteiger partial charge on any atom is -0.300 e. The van der Waals surface area contributed by atoms with E-state index in [4.69, 9.17) is 11.6 Å². The van der Waals surface area contributed by atoms with Crippen LogP contribution in [-0.4, -0.2) is 16.1 Å². The van der Waals surface area contributed by atoms with Crippen molar-refractivity contribution in [1.82, 2.24) is 10.2 Å². The Bertz CT molecular complexity index is 627. The van der Waals surface area contributed by atoms with Gasteiger partial charge in [0.25, 0.3) is 0 Å². The first-order chi connectivity index (χ1) is 11.1. The molecule has 0 aliphatic carbocycles. The second-order valence-electron chi connectivity index (χ2n) is 5.54. The average molecular weight is 352 g/mol. The van der Waals surface area contributed by atoms with Crippen LogP contribution in [0.4, 0.5) is 5.13 Å². The molecule has 1 N–H and O–H groups in total. The Labute approximate surface area is 146 Å². The lowest BCUT2D eigenvalue weighted by molar-refractivity contribution is -0.120. The number of nitrogens with one attached hydrogen (secondary N) is 1. The highest BCUT2D eigenvalue weighted by molar-refractivity contribution is 7.15. The van der Waals surface area contributed by atoms with Gasteiger partial charge in [-0.25, -0.2) is 0 Å². The third kappa shape index (κ3) is 5.59. The molecule has 0 saturated heterocycles. The number of unbranched alkanes of at least 4 members (excludes halogenated alkanes) is 1. The largest absolute Gasteiger partial charge is 0.300 e. The third-order valence-corrected chi connectivity index (χ3v) is 4.83. The molecule has 2 aromatic rings. The van der Waals surface area contributed by atoms with Crippen LogP contribution in [0, 0.1) is 5.92 Å². The zero-order valence-corrected chi connectivity index (χ0v) is 15.1. The van der Waals surface area contributed by atoms with Gasteiger partial charge in [-0.15, -0.1) is 10.2 Å². The van der Waals surface area contributed by atoms with E-state index in [0.29, 0.717) is 11.6 Å². The molecule has 0 saturated carbocycles. The van der Waals surface area contributed by atoms with Crippen molar-refractivity contribution in [3.63, 3.8) is 0 Å². The monoisotopic (exact) mass is 351 g/mol. The molecule has 0 aliphatic rings. The van der Waals surface area contributed by atoms with Crippen molar-refractivity contribution in [1.29, 1.82) is 0 Å². The van der Waals surface area contributed by atoms with Gasteiger partial charge >= 0.3 is 0 Å². The zero-order valence-electron chi connectivity index (χ0n) is 13.5. The minimum atomic E-state index is 0.0511. The summed E-state index contributed by atoms with van der Waals surface area (Å²) in [7, 11) is 0. The number of amides is 1. The maximum Gasteiger partial charge on any atom is 0.229 e. The van der Waals surface area contributed by atoms with Crippen LogP contribution in [0.1, 0.15) is 50.1 Å². The molecular weight excluding hydrogens is 330 g/mol. The molecular formula is C17H22ClN3OS. The minimum absolute atomic E-state index is 0.0511. The molecule has 124 valence electrons. The molecule has 23 heavy (non-hydrogen) atoms. The van der Waals surface area contributed by atoms with E-state index in [9.17, 15) is 4.79 Å². The van der Waals surface area contributed by atoms with E-state index in [1.807, 2.05) is 31.2 Å². The van der Waals surface area contributed by atoms with Crippen molar-refractivity contribution in [3.05, 3.63) is 39.9 Å². The van der Waals surface area contributed by atoms with E-state index in [2.05, 4.69) is 22.4 Å².